The minimum absolute atomic E-state index is 0.490. The predicted molar refractivity (Wildman–Crippen MR) is 73.5 cm³/mol. The van der Waals surface area contributed by atoms with E-state index in [-0.39, 0.29) is 0 Å². The molecule has 1 aromatic carbocycles. The Bertz CT molecular complexity index is 695. The highest BCUT2D eigenvalue weighted by Gasteiger charge is 2.02. The SMILES string of the molecule is Clc1cccc([CH]c2ccc3ccccc3n2)n1. The number of nitrogens with zero attached hydrogens (tertiary/aromatic N) is 2. The minimum Gasteiger partial charge on any atom is -0.252 e. The molecule has 0 aliphatic heterocycles. The molecule has 0 spiro atoms. The third-order valence-corrected chi connectivity index (χ3v) is 2.86. The van der Waals surface area contributed by atoms with E-state index in [1.165, 1.54) is 0 Å². The molecule has 0 aliphatic carbocycles. The fraction of sp³-hybridized carbons (Fsp3) is 0. The van der Waals surface area contributed by atoms with Crippen molar-refractivity contribution in [3.63, 3.8) is 0 Å². The second kappa shape index (κ2) is 4.75. The maximum atomic E-state index is 5.85. The van der Waals surface area contributed by atoms with E-state index < -0.39 is 0 Å². The van der Waals surface area contributed by atoms with Crippen molar-refractivity contribution < 1.29 is 0 Å². The highest BCUT2D eigenvalue weighted by Crippen LogP contribution is 2.15. The summed E-state index contributed by atoms with van der Waals surface area (Å²) in [6.45, 7) is 0. The van der Waals surface area contributed by atoms with Crippen molar-refractivity contribution in [1.29, 1.82) is 0 Å². The summed E-state index contributed by atoms with van der Waals surface area (Å²) in [5, 5.41) is 1.62. The van der Waals surface area contributed by atoms with E-state index in [1.54, 1.807) is 6.07 Å². The number of halogens is 1. The number of fused-ring (bicyclic) bond motifs is 1. The summed E-state index contributed by atoms with van der Waals surface area (Å²) < 4.78 is 0. The van der Waals surface area contributed by atoms with Crippen LogP contribution in [0.5, 0.6) is 0 Å². The number of hydrogen-bond donors (Lipinski definition) is 0. The first-order chi connectivity index (χ1) is 8.81. The Kier molecular flexibility index (Phi) is 2.95. The molecule has 2 nitrogen and oxygen atoms in total. The van der Waals surface area contributed by atoms with Crippen LogP contribution < -0.4 is 0 Å². The Morgan fingerprint density at radius 3 is 2.50 bits per heavy atom. The van der Waals surface area contributed by atoms with Crippen LogP contribution in [0.15, 0.2) is 54.6 Å². The van der Waals surface area contributed by atoms with Crippen LogP contribution in [-0.2, 0) is 0 Å². The number of benzene rings is 1. The molecule has 1 radical (unpaired) electrons. The third kappa shape index (κ3) is 2.34. The number of pyridine rings is 2. The lowest BCUT2D eigenvalue weighted by Crippen LogP contribution is -1.93. The van der Waals surface area contributed by atoms with Gasteiger partial charge in [-0.25, -0.2) is 4.98 Å². The first-order valence-corrected chi connectivity index (χ1v) is 6.02. The van der Waals surface area contributed by atoms with E-state index in [0.717, 1.165) is 22.3 Å². The molecule has 0 N–H and O–H groups in total. The molecule has 0 aliphatic rings. The number of hydrogen-bond acceptors (Lipinski definition) is 2. The van der Waals surface area contributed by atoms with Crippen molar-refractivity contribution in [1.82, 2.24) is 9.97 Å². The van der Waals surface area contributed by atoms with Gasteiger partial charge >= 0.3 is 0 Å². The first kappa shape index (κ1) is 11.2. The molecule has 0 saturated carbocycles. The van der Waals surface area contributed by atoms with Crippen molar-refractivity contribution in [2.24, 2.45) is 0 Å². The van der Waals surface area contributed by atoms with E-state index >= 15 is 0 Å². The fourth-order valence-electron chi connectivity index (χ4n) is 1.82. The molecule has 87 valence electrons. The van der Waals surface area contributed by atoms with Crippen molar-refractivity contribution in [3.05, 3.63) is 77.6 Å². The van der Waals surface area contributed by atoms with Gasteiger partial charge in [0.05, 0.1) is 23.3 Å². The summed E-state index contributed by atoms with van der Waals surface area (Å²) in [5.41, 5.74) is 2.67. The van der Waals surface area contributed by atoms with E-state index in [2.05, 4.69) is 16.0 Å². The Balaban J connectivity index is 1.95. The number of aromatic nitrogens is 2. The Morgan fingerprint density at radius 2 is 1.61 bits per heavy atom. The maximum Gasteiger partial charge on any atom is 0.129 e. The second-order valence-electron chi connectivity index (χ2n) is 3.96. The Labute approximate surface area is 110 Å². The molecular formula is C15H10ClN2. The van der Waals surface area contributed by atoms with Crippen LogP contribution in [0.25, 0.3) is 10.9 Å². The van der Waals surface area contributed by atoms with Crippen LogP contribution in [0.3, 0.4) is 0 Å². The summed E-state index contributed by atoms with van der Waals surface area (Å²) >= 11 is 5.85. The van der Waals surface area contributed by atoms with Crippen molar-refractivity contribution in [2.45, 2.75) is 0 Å². The molecule has 3 heteroatoms. The molecule has 3 rings (SSSR count). The molecule has 0 amide bonds. The number of rotatable bonds is 2. The van der Waals surface area contributed by atoms with E-state index in [9.17, 15) is 0 Å². The zero-order valence-corrected chi connectivity index (χ0v) is 10.3. The van der Waals surface area contributed by atoms with Crippen LogP contribution in [-0.4, -0.2) is 9.97 Å². The average molecular weight is 254 g/mol. The lowest BCUT2D eigenvalue weighted by Gasteiger charge is -2.02. The fourth-order valence-corrected chi connectivity index (χ4v) is 1.99. The summed E-state index contributed by atoms with van der Waals surface area (Å²) in [6.07, 6.45) is 1.92. The summed E-state index contributed by atoms with van der Waals surface area (Å²) in [6, 6.07) is 17.6. The summed E-state index contributed by atoms with van der Waals surface area (Å²) in [4.78, 5) is 8.78. The van der Waals surface area contributed by atoms with Gasteiger partial charge in [0.15, 0.2) is 0 Å². The van der Waals surface area contributed by atoms with E-state index in [0.29, 0.717) is 5.15 Å². The lowest BCUT2D eigenvalue weighted by molar-refractivity contribution is 1.18. The van der Waals surface area contributed by atoms with Crippen LogP contribution in [0.4, 0.5) is 0 Å². The number of para-hydroxylation sites is 1. The van der Waals surface area contributed by atoms with Gasteiger partial charge in [-0.1, -0.05) is 41.9 Å². The predicted octanol–water partition coefficient (Wildman–Crippen LogP) is 3.88. The van der Waals surface area contributed by atoms with Crippen LogP contribution >= 0.6 is 11.6 Å². The van der Waals surface area contributed by atoms with Gasteiger partial charge in [0, 0.05) is 5.39 Å². The zero-order valence-electron chi connectivity index (χ0n) is 9.55. The van der Waals surface area contributed by atoms with Crippen LogP contribution in [0, 0.1) is 6.42 Å². The van der Waals surface area contributed by atoms with E-state index in [1.807, 2.05) is 48.9 Å². The van der Waals surface area contributed by atoms with Gasteiger partial charge in [-0.2, -0.15) is 0 Å². The van der Waals surface area contributed by atoms with Gasteiger partial charge in [0.25, 0.3) is 0 Å². The average Bonchev–Trinajstić information content (AvgIpc) is 2.39. The minimum atomic E-state index is 0.490. The normalized spacial score (nSPS) is 10.7. The molecular weight excluding hydrogens is 244 g/mol. The van der Waals surface area contributed by atoms with Gasteiger partial charge < -0.3 is 0 Å². The highest BCUT2D eigenvalue weighted by atomic mass is 35.5. The van der Waals surface area contributed by atoms with Crippen molar-refractivity contribution >= 4 is 22.5 Å². The Hall–Kier alpha value is -1.93. The maximum absolute atomic E-state index is 5.85. The molecule has 0 unspecified atom stereocenters. The monoisotopic (exact) mass is 253 g/mol. The molecule has 2 aromatic heterocycles. The standard InChI is InChI=1S/C15H10ClN2/c16-15-7-3-5-12(18-15)10-13-9-8-11-4-1-2-6-14(11)17-13/h1-10H. The highest BCUT2D eigenvalue weighted by molar-refractivity contribution is 6.29. The van der Waals surface area contributed by atoms with Crippen molar-refractivity contribution in [2.75, 3.05) is 0 Å². The quantitative estimate of drug-likeness (QED) is 0.648. The lowest BCUT2D eigenvalue weighted by atomic mass is 10.1. The van der Waals surface area contributed by atoms with Gasteiger partial charge in [-0.15, -0.1) is 0 Å². The summed E-state index contributed by atoms with van der Waals surface area (Å²) in [7, 11) is 0. The van der Waals surface area contributed by atoms with Crippen LogP contribution in [0.2, 0.25) is 5.15 Å². The first-order valence-electron chi connectivity index (χ1n) is 5.64. The molecule has 0 bridgehead atoms. The van der Waals surface area contributed by atoms with Gasteiger partial charge in [0.1, 0.15) is 5.15 Å². The smallest absolute Gasteiger partial charge is 0.129 e. The van der Waals surface area contributed by atoms with E-state index in [4.69, 9.17) is 11.6 Å². The molecule has 0 atom stereocenters. The molecule has 18 heavy (non-hydrogen) atoms. The summed E-state index contributed by atoms with van der Waals surface area (Å²) in [5.74, 6) is 0. The Morgan fingerprint density at radius 1 is 0.778 bits per heavy atom. The molecule has 3 aromatic rings. The third-order valence-electron chi connectivity index (χ3n) is 2.65. The zero-order chi connectivity index (χ0) is 12.4. The molecule has 0 fully saturated rings. The largest absolute Gasteiger partial charge is 0.252 e. The van der Waals surface area contributed by atoms with Gasteiger partial charge in [0.2, 0.25) is 0 Å². The van der Waals surface area contributed by atoms with Gasteiger partial charge in [-0.3, -0.25) is 4.98 Å². The topological polar surface area (TPSA) is 25.8 Å². The van der Waals surface area contributed by atoms with Crippen LogP contribution in [0.1, 0.15) is 11.4 Å². The molecule has 2 heterocycles. The van der Waals surface area contributed by atoms with Gasteiger partial charge in [-0.05, 0) is 24.3 Å². The van der Waals surface area contributed by atoms with Crippen molar-refractivity contribution in [3.8, 4) is 0 Å². The molecule has 0 saturated heterocycles. The second-order valence-corrected chi connectivity index (χ2v) is 4.35.